The Morgan fingerprint density at radius 2 is 1.62 bits per heavy atom. The molecule has 34 heavy (non-hydrogen) atoms. The molecule has 0 heterocycles. The van der Waals surface area contributed by atoms with Crippen LogP contribution in [-0.4, -0.2) is 14.9 Å². The van der Waals surface area contributed by atoms with Gasteiger partial charge in [0.2, 0.25) is 0 Å². The van der Waals surface area contributed by atoms with Crippen molar-refractivity contribution in [1.82, 2.24) is 0 Å². The quantitative estimate of drug-likeness (QED) is 0.317. The number of allylic oxidation sites excluding steroid dienone is 1. The zero-order chi connectivity index (χ0) is 25.4. The van der Waals surface area contributed by atoms with E-state index in [0.717, 1.165) is 17.3 Å². The summed E-state index contributed by atoms with van der Waals surface area (Å²) in [5.74, 6) is 0. The molecule has 2 aromatic rings. The first-order valence-electron chi connectivity index (χ1n) is 12.9. The van der Waals surface area contributed by atoms with Crippen molar-refractivity contribution >= 4 is 29.8 Å². The normalized spacial score (nSPS) is 18.0. The first kappa shape index (κ1) is 27.4. The molecule has 0 amide bonds. The number of hydrogen-bond acceptors (Lipinski definition) is 1. The Bertz CT molecular complexity index is 1040. The molecule has 0 N–H and O–H groups in total. The van der Waals surface area contributed by atoms with E-state index in [1.165, 1.54) is 29.5 Å². The lowest BCUT2D eigenvalue weighted by Crippen LogP contribution is -2.41. The molecule has 0 radical (unpaired) electrons. The van der Waals surface area contributed by atoms with Crippen LogP contribution in [0.2, 0.25) is 18.1 Å². The Morgan fingerprint density at radius 3 is 2.24 bits per heavy atom. The summed E-state index contributed by atoms with van der Waals surface area (Å²) in [5, 5.41) is 0.207. The van der Waals surface area contributed by atoms with E-state index in [0.29, 0.717) is 6.61 Å². The number of halogens is 1. The number of fused-ring (bicyclic) bond motifs is 1. The molecular formula is C31H45BrOSi. The topological polar surface area (TPSA) is 9.23 Å². The van der Waals surface area contributed by atoms with Gasteiger partial charge in [0.15, 0.2) is 8.32 Å². The fourth-order valence-electron chi connectivity index (χ4n) is 4.63. The van der Waals surface area contributed by atoms with E-state index >= 15 is 0 Å². The molecule has 0 spiro atoms. The summed E-state index contributed by atoms with van der Waals surface area (Å²) < 4.78 is 7.75. The maximum absolute atomic E-state index is 6.63. The van der Waals surface area contributed by atoms with Crippen LogP contribution < -0.4 is 0 Å². The highest BCUT2D eigenvalue weighted by Crippen LogP contribution is 2.46. The van der Waals surface area contributed by atoms with Gasteiger partial charge < -0.3 is 4.43 Å². The molecule has 1 nitrogen and oxygen atoms in total. The van der Waals surface area contributed by atoms with Crippen LogP contribution in [0.15, 0.2) is 53.0 Å². The van der Waals surface area contributed by atoms with Crippen LogP contribution in [0.5, 0.6) is 0 Å². The van der Waals surface area contributed by atoms with Crippen LogP contribution in [0.1, 0.15) is 90.0 Å². The molecule has 186 valence electrons. The van der Waals surface area contributed by atoms with Gasteiger partial charge in [-0.15, -0.1) is 0 Å². The highest BCUT2D eigenvalue weighted by molar-refractivity contribution is 9.10. The molecule has 2 aromatic carbocycles. The van der Waals surface area contributed by atoms with Gasteiger partial charge in [0, 0.05) is 4.47 Å². The van der Waals surface area contributed by atoms with Gasteiger partial charge >= 0.3 is 0 Å². The molecule has 0 atom stereocenters. The van der Waals surface area contributed by atoms with E-state index in [4.69, 9.17) is 4.43 Å². The van der Waals surface area contributed by atoms with Crippen molar-refractivity contribution < 1.29 is 4.43 Å². The average molecular weight is 542 g/mol. The molecule has 0 saturated heterocycles. The van der Waals surface area contributed by atoms with Crippen molar-refractivity contribution in [3.63, 3.8) is 0 Å². The van der Waals surface area contributed by atoms with Gasteiger partial charge in [0.1, 0.15) is 0 Å². The summed E-state index contributed by atoms with van der Waals surface area (Å²) in [6, 6.07) is 15.9. The van der Waals surface area contributed by atoms with Crippen molar-refractivity contribution in [2.24, 2.45) is 0 Å². The predicted octanol–water partition coefficient (Wildman–Crippen LogP) is 9.84. The lowest BCUT2D eigenvalue weighted by molar-refractivity contribution is 0.331. The smallest absolute Gasteiger partial charge is 0.192 e. The van der Waals surface area contributed by atoms with Gasteiger partial charge in [0.05, 0.1) is 6.61 Å². The second-order valence-electron chi connectivity index (χ2n) is 13.0. The largest absolute Gasteiger partial charge is 0.413 e. The summed E-state index contributed by atoms with van der Waals surface area (Å²) >= 11 is 3.65. The number of benzene rings is 2. The molecular weight excluding hydrogens is 496 g/mol. The summed E-state index contributed by atoms with van der Waals surface area (Å²) in [6.45, 7) is 21.9. The van der Waals surface area contributed by atoms with Crippen LogP contribution in [0.3, 0.4) is 0 Å². The molecule has 1 aliphatic rings. The third-order valence-corrected chi connectivity index (χ3v) is 13.3. The van der Waals surface area contributed by atoms with Gasteiger partial charge in [-0.2, -0.15) is 0 Å². The highest BCUT2D eigenvalue weighted by atomic mass is 79.9. The number of rotatable bonds is 7. The van der Waals surface area contributed by atoms with E-state index < -0.39 is 8.32 Å². The Morgan fingerprint density at radius 1 is 0.971 bits per heavy atom. The Kier molecular flexibility index (Phi) is 8.12. The van der Waals surface area contributed by atoms with E-state index in [1.54, 1.807) is 11.1 Å². The highest BCUT2D eigenvalue weighted by Gasteiger charge is 2.38. The number of aryl methyl sites for hydroxylation is 1. The average Bonchev–Trinajstić information content (AvgIpc) is 2.73. The summed E-state index contributed by atoms with van der Waals surface area (Å²) in [5.41, 5.74) is 7.62. The molecule has 0 aromatic heterocycles. The molecule has 1 aliphatic carbocycles. The molecule has 0 saturated carbocycles. The van der Waals surface area contributed by atoms with Crippen molar-refractivity contribution in [2.45, 2.75) is 103 Å². The van der Waals surface area contributed by atoms with E-state index in [2.05, 4.69) is 126 Å². The van der Waals surface area contributed by atoms with Crippen LogP contribution in [0, 0.1) is 0 Å². The first-order valence-corrected chi connectivity index (χ1v) is 16.6. The Balaban J connectivity index is 1.82. The van der Waals surface area contributed by atoms with Gasteiger partial charge in [0.25, 0.3) is 0 Å². The zero-order valence-corrected chi connectivity index (χ0v) is 25.5. The molecule has 0 unspecified atom stereocenters. The van der Waals surface area contributed by atoms with Crippen molar-refractivity contribution in [3.05, 3.63) is 75.3 Å². The van der Waals surface area contributed by atoms with Crippen molar-refractivity contribution in [2.75, 3.05) is 6.61 Å². The summed E-state index contributed by atoms with van der Waals surface area (Å²) in [7, 11) is -1.82. The first-order chi connectivity index (χ1) is 15.6. The van der Waals surface area contributed by atoms with Gasteiger partial charge in [-0.25, -0.2) is 0 Å². The standard InChI is InChI=1S/C31H45BrOSi/c1-29(2,3)34(8,9)33-22-25(24-13-11-15-26(32)21-24)14-10-12-23-16-17-27-28(20-23)31(6,7)19-18-30(27,4)5/h11,13-17,20-21H,10,12,18-19,22H2,1-9H3. The predicted molar refractivity (Wildman–Crippen MR) is 155 cm³/mol. The minimum Gasteiger partial charge on any atom is -0.413 e. The Labute approximate surface area is 218 Å². The maximum atomic E-state index is 6.63. The minimum atomic E-state index is -1.82. The fraction of sp³-hybridized carbons (Fsp3) is 0.548. The van der Waals surface area contributed by atoms with Gasteiger partial charge in [-0.3, -0.25) is 0 Å². The van der Waals surface area contributed by atoms with Crippen LogP contribution >= 0.6 is 15.9 Å². The summed E-state index contributed by atoms with van der Waals surface area (Å²) in [4.78, 5) is 0. The van der Waals surface area contributed by atoms with Gasteiger partial charge in [-0.1, -0.05) is 101 Å². The lowest BCUT2D eigenvalue weighted by atomic mass is 9.63. The third kappa shape index (κ3) is 6.33. The SMILES string of the molecule is CC1(C)CCC(C)(C)c2cc(CCC=C(CO[Si](C)(C)C(C)(C)C)c3cccc(Br)c3)ccc21. The Hall–Kier alpha value is -1.16. The second-order valence-corrected chi connectivity index (χ2v) is 18.7. The fourth-order valence-corrected chi connectivity index (χ4v) is 5.98. The maximum Gasteiger partial charge on any atom is 0.192 e. The van der Waals surface area contributed by atoms with Crippen LogP contribution in [0.25, 0.3) is 5.57 Å². The second kappa shape index (κ2) is 10.1. The summed E-state index contributed by atoms with van der Waals surface area (Å²) in [6.07, 6.45) is 7.00. The molecule has 0 bridgehead atoms. The van der Waals surface area contributed by atoms with Crippen molar-refractivity contribution in [3.8, 4) is 0 Å². The number of hydrogen-bond donors (Lipinski definition) is 0. The van der Waals surface area contributed by atoms with E-state index in [-0.39, 0.29) is 15.9 Å². The van der Waals surface area contributed by atoms with Crippen molar-refractivity contribution in [1.29, 1.82) is 0 Å². The third-order valence-electron chi connectivity index (χ3n) is 8.33. The monoisotopic (exact) mass is 540 g/mol. The molecule has 0 aliphatic heterocycles. The van der Waals surface area contributed by atoms with E-state index in [1.807, 2.05) is 0 Å². The van der Waals surface area contributed by atoms with Crippen LogP contribution in [0.4, 0.5) is 0 Å². The molecule has 0 fully saturated rings. The molecule has 3 heteroatoms. The zero-order valence-electron chi connectivity index (χ0n) is 22.9. The minimum absolute atomic E-state index is 0.207. The lowest BCUT2D eigenvalue weighted by Gasteiger charge is -2.42. The molecule has 3 rings (SSSR count). The van der Waals surface area contributed by atoms with Crippen LogP contribution in [-0.2, 0) is 21.7 Å². The van der Waals surface area contributed by atoms with E-state index in [9.17, 15) is 0 Å². The van der Waals surface area contributed by atoms with Gasteiger partial charge in [-0.05, 0) is 94.6 Å².